The molecule has 0 saturated heterocycles. The fraction of sp³-hybridized carbons (Fsp3) is 0.385. The van der Waals surface area contributed by atoms with Crippen molar-refractivity contribution in [1.29, 1.82) is 0 Å². The van der Waals surface area contributed by atoms with E-state index in [1.54, 1.807) is 7.11 Å². The lowest BCUT2D eigenvalue weighted by molar-refractivity contribution is 0.0210. The molecule has 1 saturated carbocycles. The minimum atomic E-state index is -1.10. The number of methoxy groups -OCH3 is 1. The number of amides is 2. The molecule has 0 radical (unpaired) electrons. The summed E-state index contributed by atoms with van der Waals surface area (Å²) in [6.45, 7) is 0. The summed E-state index contributed by atoms with van der Waals surface area (Å²) in [4.78, 5) is 22.6. The molecule has 0 spiro atoms. The maximum atomic E-state index is 11.7. The third kappa shape index (κ3) is 3.61. The Kier molecular flexibility index (Phi) is 4.46. The molecule has 20 heavy (non-hydrogen) atoms. The maximum Gasteiger partial charge on any atom is 0.335 e. The van der Waals surface area contributed by atoms with Gasteiger partial charge in [0.25, 0.3) is 0 Å². The fourth-order valence-electron chi connectivity index (χ4n) is 2.01. The van der Waals surface area contributed by atoms with Crippen LogP contribution >= 0.6 is 11.6 Å². The Hall–Kier alpha value is -1.79. The van der Waals surface area contributed by atoms with Crippen LogP contribution in [-0.4, -0.2) is 36.4 Å². The van der Waals surface area contributed by atoms with Crippen LogP contribution in [0.5, 0.6) is 0 Å². The van der Waals surface area contributed by atoms with Gasteiger partial charge >= 0.3 is 12.0 Å². The third-order valence-electron chi connectivity index (χ3n) is 3.17. The number of halogens is 1. The Morgan fingerprint density at radius 1 is 1.35 bits per heavy atom. The maximum absolute atomic E-state index is 11.7. The molecule has 0 unspecified atom stereocenters. The predicted molar refractivity (Wildman–Crippen MR) is 74.4 cm³/mol. The molecule has 2 rings (SSSR count). The number of carbonyl (C=O) groups excluding carboxylic acids is 1. The van der Waals surface area contributed by atoms with E-state index < -0.39 is 5.97 Å². The Bertz CT molecular complexity index is 529. The summed E-state index contributed by atoms with van der Waals surface area (Å²) in [5.74, 6) is -1.10. The Morgan fingerprint density at radius 3 is 2.65 bits per heavy atom. The lowest BCUT2D eigenvalue weighted by Gasteiger charge is -2.34. The molecule has 7 heteroatoms. The highest BCUT2D eigenvalue weighted by Crippen LogP contribution is 2.23. The molecule has 1 fully saturated rings. The first-order valence-electron chi connectivity index (χ1n) is 6.12. The van der Waals surface area contributed by atoms with Crippen molar-refractivity contribution in [1.82, 2.24) is 5.32 Å². The average Bonchev–Trinajstić information content (AvgIpc) is 2.32. The highest BCUT2D eigenvalue weighted by atomic mass is 35.5. The molecule has 3 N–H and O–H groups in total. The quantitative estimate of drug-likeness (QED) is 0.796. The van der Waals surface area contributed by atoms with Crippen molar-refractivity contribution in [3.63, 3.8) is 0 Å². The SMILES string of the molecule is COC1CC(NC(=O)Nc2cc(Cl)cc(C(=O)O)c2)C1. The molecule has 0 aliphatic heterocycles. The number of benzene rings is 1. The van der Waals surface area contributed by atoms with Gasteiger partial charge in [0.15, 0.2) is 0 Å². The molecule has 0 heterocycles. The topological polar surface area (TPSA) is 87.7 Å². The van der Waals surface area contributed by atoms with E-state index in [1.165, 1.54) is 18.2 Å². The van der Waals surface area contributed by atoms with E-state index in [4.69, 9.17) is 21.4 Å². The molecule has 0 atom stereocenters. The molecule has 1 aliphatic rings. The third-order valence-corrected chi connectivity index (χ3v) is 3.38. The largest absolute Gasteiger partial charge is 0.478 e. The van der Waals surface area contributed by atoms with Gasteiger partial charge in [-0.2, -0.15) is 0 Å². The van der Waals surface area contributed by atoms with Crippen molar-refractivity contribution in [2.24, 2.45) is 0 Å². The first-order valence-corrected chi connectivity index (χ1v) is 6.50. The van der Waals surface area contributed by atoms with E-state index in [-0.39, 0.29) is 28.8 Å². The molecule has 1 aliphatic carbocycles. The van der Waals surface area contributed by atoms with E-state index in [0.717, 1.165) is 12.8 Å². The zero-order valence-corrected chi connectivity index (χ0v) is 11.6. The first-order chi connectivity index (χ1) is 9.47. The van der Waals surface area contributed by atoms with Crippen LogP contribution in [0.4, 0.5) is 10.5 Å². The summed E-state index contributed by atoms with van der Waals surface area (Å²) < 4.78 is 5.12. The number of nitrogens with one attached hydrogen (secondary N) is 2. The van der Waals surface area contributed by atoms with Gasteiger partial charge in [0.05, 0.1) is 11.7 Å². The molecule has 0 aromatic heterocycles. The van der Waals surface area contributed by atoms with Crippen LogP contribution < -0.4 is 10.6 Å². The van der Waals surface area contributed by atoms with Gasteiger partial charge < -0.3 is 20.5 Å². The number of carboxylic acid groups (broad SMARTS) is 1. The number of anilines is 1. The number of urea groups is 1. The first kappa shape index (κ1) is 14.6. The van der Waals surface area contributed by atoms with Crippen LogP contribution in [-0.2, 0) is 4.74 Å². The second-order valence-corrected chi connectivity index (χ2v) is 5.09. The van der Waals surface area contributed by atoms with Gasteiger partial charge in [0.2, 0.25) is 0 Å². The number of hydrogen-bond acceptors (Lipinski definition) is 3. The van der Waals surface area contributed by atoms with Crippen molar-refractivity contribution >= 4 is 29.3 Å². The van der Waals surface area contributed by atoms with Gasteiger partial charge in [0, 0.05) is 23.9 Å². The van der Waals surface area contributed by atoms with Crippen molar-refractivity contribution in [2.45, 2.75) is 25.0 Å². The minimum absolute atomic E-state index is 0.0240. The number of rotatable bonds is 4. The van der Waals surface area contributed by atoms with Gasteiger partial charge in [-0.25, -0.2) is 9.59 Å². The van der Waals surface area contributed by atoms with Crippen molar-refractivity contribution in [2.75, 3.05) is 12.4 Å². The van der Waals surface area contributed by atoms with Gasteiger partial charge in [-0.1, -0.05) is 11.6 Å². The zero-order chi connectivity index (χ0) is 14.7. The van der Waals surface area contributed by atoms with Crippen LogP contribution in [0.2, 0.25) is 5.02 Å². The number of ether oxygens (including phenoxy) is 1. The summed E-state index contributed by atoms with van der Waals surface area (Å²) in [5, 5.41) is 14.5. The second kappa shape index (κ2) is 6.11. The number of carbonyl (C=O) groups is 2. The summed E-state index contributed by atoms with van der Waals surface area (Å²) in [7, 11) is 1.64. The van der Waals surface area contributed by atoms with E-state index in [0.29, 0.717) is 5.69 Å². The van der Waals surface area contributed by atoms with Crippen LogP contribution in [0.3, 0.4) is 0 Å². The highest BCUT2D eigenvalue weighted by molar-refractivity contribution is 6.31. The molecule has 0 bridgehead atoms. The lowest BCUT2D eigenvalue weighted by Crippen LogP contribution is -2.48. The van der Waals surface area contributed by atoms with E-state index in [9.17, 15) is 9.59 Å². The van der Waals surface area contributed by atoms with Crippen LogP contribution in [0.1, 0.15) is 23.2 Å². The van der Waals surface area contributed by atoms with Crippen LogP contribution in [0, 0.1) is 0 Å². The molecular formula is C13H15ClN2O4. The molecular weight excluding hydrogens is 284 g/mol. The van der Waals surface area contributed by atoms with Crippen molar-refractivity contribution in [3.8, 4) is 0 Å². The second-order valence-electron chi connectivity index (χ2n) is 4.66. The van der Waals surface area contributed by atoms with Gasteiger partial charge in [-0.3, -0.25) is 0 Å². The molecule has 6 nitrogen and oxygen atoms in total. The summed E-state index contributed by atoms with van der Waals surface area (Å²) >= 11 is 5.81. The smallest absolute Gasteiger partial charge is 0.335 e. The van der Waals surface area contributed by atoms with Gasteiger partial charge in [-0.15, -0.1) is 0 Å². The molecule has 1 aromatic rings. The molecule has 108 valence electrons. The Balaban J connectivity index is 1.92. The van der Waals surface area contributed by atoms with Crippen LogP contribution in [0.25, 0.3) is 0 Å². The standard InChI is InChI=1S/C13H15ClN2O4/c1-20-11-5-10(6-11)16-13(19)15-9-3-7(12(17)18)2-8(14)4-9/h2-4,10-11H,5-6H2,1H3,(H,17,18)(H2,15,16,19). The molecule has 1 aromatic carbocycles. The van der Waals surface area contributed by atoms with Gasteiger partial charge in [-0.05, 0) is 31.0 Å². The number of aromatic carboxylic acids is 1. The Morgan fingerprint density at radius 2 is 2.05 bits per heavy atom. The monoisotopic (exact) mass is 298 g/mol. The zero-order valence-electron chi connectivity index (χ0n) is 10.9. The van der Waals surface area contributed by atoms with E-state index in [1.807, 2.05) is 0 Å². The average molecular weight is 299 g/mol. The summed E-state index contributed by atoms with van der Waals surface area (Å²) in [5.41, 5.74) is 0.367. The minimum Gasteiger partial charge on any atom is -0.478 e. The van der Waals surface area contributed by atoms with Crippen molar-refractivity contribution in [3.05, 3.63) is 28.8 Å². The fourth-order valence-corrected chi connectivity index (χ4v) is 2.25. The molecule has 2 amide bonds. The van der Waals surface area contributed by atoms with Gasteiger partial charge in [0.1, 0.15) is 0 Å². The summed E-state index contributed by atoms with van der Waals surface area (Å²) in [6, 6.07) is 3.86. The predicted octanol–water partition coefficient (Wildman–Crippen LogP) is 2.34. The number of hydrogen-bond donors (Lipinski definition) is 3. The van der Waals surface area contributed by atoms with E-state index in [2.05, 4.69) is 10.6 Å². The van der Waals surface area contributed by atoms with Crippen molar-refractivity contribution < 1.29 is 19.4 Å². The summed E-state index contributed by atoms with van der Waals surface area (Å²) in [6.07, 6.45) is 1.75. The Labute approximate surface area is 121 Å². The number of carboxylic acids is 1. The van der Waals surface area contributed by atoms with E-state index >= 15 is 0 Å². The lowest BCUT2D eigenvalue weighted by atomic mass is 9.89. The normalized spacial score (nSPS) is 20.9. The van der Waals surface area contributed by atoms with Crippen LogP contribution in [0.15, 0.2) is 18.2 Å². The highest BCUT2D eigenvalue weighted by Gasteiger charge is 2.30.